The second-order valence-electron chi connectivity index (χ2n) is 16.3. The molecule has 0 atom stereocenters. The third-order valence-electron chi connectivity index (χ3n) is 12.2. The molecule has 6 aromatic rings. The van der Waals surface area contributed by atoms with Gasteiger partial charge in [-0.25, -0.2) is 9.59 Å². The Labute approximate surface area is 364 Å². The lowest BCUT2D eigenvalue weighted by molar-refractivity contribution is 0.101. The number of methoxy groups -OCH3 is 1. The molecule has 0 bridgehead atoms. The number of ether oxygens (including phenoxy) is 1. The maximum absolute atomic E-state index is 12.7. The highest BCUT2D eigenvalue weighted by Crippen LogP contribution is 2.41. The molecule has 0 amide bonds. The summed E-state index contributed by atoms with van der Waals surface area (Å²) in [5.41, 5.74) is 9.19. The van der Waals surface area contributed by atoms with E-state index in [1.54, 1.807) is 73.8 Å². The van der Waals surface area contributed by atoms with E-state index >= 15 is 0 Å². The molecular formula is C48H48B2N2O11. The SMILES string of the molecule is CC(=O)c1cc2cc3c4c(c2oc1=O)CCCN4CCC3.COc1ccc(B(O)O)cc1.O=C(/C=C/c1ccc(B(O)O)cc1)c1cc2cc3c4c(c2oc1=O)CCCN4CCC3. The van der Waals surface area contributed by atoms with Gasteiger partial charge in [0.15, 0.2) is 11.6 Å². The molecule has 322 valence electrons. The normalized spacial score (nSPS) is 14.8. The van der Waals surface area contributed by atoms with E-state index in [9.17, 15) is 19.2 Å². The highest BCUT2D eigenvalue weighted by atomic mass is 16.5. The lowest BCUT2D eigenvalue weighted by Crippen LogP contribution is -2.34. The molecule has 4 aromatic carbocycles. The molecule has 63 heavy (non-hydrogen) atoms. The lowest BCUT2D eigenvalue weighted by atomic mass is 9.80. The first-order valence-electron chi connectivity index (χ1n) is 21.3. The number of carbonyl (C=O) groups excluding carboxylic acids is 2. The summed E-state index contributed by atoms with van der Waals surface area (Å²) < 4.78 is 16.1. The van der Waals surface area contributed by atoms with E-state index in [0.29, 0.717) is 33.4 Å². The van der Waals surface area contributed by atoms with Crippen LogP contribution in [-0.2, 0) is 25.7 Å². The number of hydrogen-bond donors (Lipinski definition) is 4. The zero-order valence-electron chi connectivity index (χ0n) is 35.3. The molecule has 2 aromatic heterocycles. The molecule has 0 aliphatic carbocycles. The van der Waals surface area contributed by atoms with Crippen molar-refractivity contribution < 1.29 is 43.3 Å². The molecule has 0 saturated heterocycles. The zero-order valence-corrected chi connectivity index (χ0v) is 35.3. The number of aryl methyl sites for hydroxylation is 4. The number of carbonyl (C=O) groups is 2. The van der Waals surface area contributed by atoms with Crippen LogP contribution in [0.3, 0.4) is 0 Å². The van der Waals surface area contributed by atoms with Crippen LogP contribution in [0.1, 0.15) is 81.1 Å². The predicted molar refractivity (Wildman–Crippen MR) is 245 cm³/mol. The van der Waals surface area contributed by atoms with Crippen molar-refractivity contribution in [3.05, 3.63) is 139 Å². The molecule has 0 unspecified atom stereocenters. The van der Waals surface area contributed by atoms with Gasteiger partial charge in [0.2, 0.25) is 0 Å². The second-order valence-corrected chi connectivity index (χ2v) is 16.3. The summed E-state index contributed by atoms with van der Waals surface area (Å²) in [6, 6.07) is 20.5. The fourth-order valence-electron chi connectivity index (χ4n) is 9.13. The fourth-order valence-corrected chi connectivity index (χ4v) is 9.13. The number of nitrogens with zero attached hydrogens (tertiary/aromatic N) is 2. The van der Waals surface area contributed by atoms with Crippen molar-refractivity contribution in [3.8, 4) is 5.75 Å². The second kappa shape index (κ2) is 18.6. The van der Waals surface area contributed by atoms with Crippen LogP contribution in [0, 0.1) is 0 Å². The zero-order chi connectivity index (χ0) is 44.4. The standard InChI is InChI=1S/C24H22BNO5.C17H17NO3.C7H9BO3/c27-21(10-7-15-5-8-18(9-6-15)25(29)30)20-14-17-13-16-3-1-11-26-12-2-4-19(22(16)26)23(17)31-24(20)28;1-10(19)14-9-12-8-11-4-2-6-18-7-3-5-13(15(11)18)16(12)21-17(14)20;1-11-7-4-2-6(3-5-7)8(9)10/h5-10,13-14,29-30H,1-4,11-12H2;8-9H,2-7H2,1H3;2-5,9-10H,1H3/b10-7+;;. The fraction of sp³-hybridized carbons (Fsp3) is 0.292. The number of Topliss-reactive ketones (excluding diaryl/α,β-unsaturated/α-hetero) is 1. The van der Waals surface area contributed by atoms with Crippen LogP contribution in [0.15, 0.2) is 97.3 Å². The Morgan fingerprint density at radius 2 is 1.08 bits per heavy atom. The van der Waals surface area contributed by atoms with Crippen molar-refractivity contribution in [1.29, 1.82) is 0 Å². The van der Waals surface area contributed by atoms with Gasteiger partial charge in [-0.15, -0.1) is 0 Å². The highest BCUT2D eigenvalue weighted by molar-refractivity contribution is 6.58. The number of rotatable bonds is 7. The van der Waals surface area contributed by atoms with E-state index in [4.69, 9.17) is 33.7 Å². The summed E-state index contributed by atoms with van der Waals surface area (Å²) in [6.07, 6.45) is 11.2. The van der Waals surface area contributed by atoms with E-state index in [2.05, 4.69) is 21.9 Å². The first kappa shape index (κ1) is 43.4. The van der Waals surface area contributed by atoms with Crippen LogP contribution in [0.2, 0.25) is 0 Å². The monoisotopic (exact) mass is 850 g/mol. The van der Waals surface area contributed by atoms with Crippen LogP contribution in [-0.4, -0.2) is 79.2 Å². The summed E-state index contributed by atoms with van der Waals surface area (Å²) in [5.74, 6) is 0.0444. The van der Waals surface area contributed by atoms with E-state index in [-0.39, 0.29) is 16.9 Å². The van der Waals surface area contributed by atoms with Crippen LogP contribution in [0.25, 0.3) is 28.0 Å². The molecule has 0 spiro atoms. The van der Waals surface area contributed by atoms with E-state index in [1.807, 2.05) is 0 Å². The maximum Gasteiger partial charge on any atom is 0.488 e. The van der Waals surface area contributed by atoms with Gasteiger partial charge in [-0.05, 0) is 128 Å². The smallest absolute Gasteiger partial charge is 0.488 e. The highest BCUT2D eigenvalue weighted by Gasteiger charge is 2.29. The molecule has 10 rings (SSSR count). The van der Waals surface area contributed by atoms with Gasteiger partial charge in [0.1, 0.15) is 28.0 Å². The third-order valence-corrected chi connectivity index (χ3v) is 12.2. The Hall–Kier alpha value is -6.25. The average Bonchev–Trinajstić information content (AvgIpc) is 3.29. The Morgan fingerprint density at radius 1 is 0.635 bits per heavy atom. The van der Waals surface area contributed by atoms with Crippen molar-refractivity contribution in [2.75, 3.05) is 43.1 Å². The van der Waals surface area contributed by atoms with Gasteiger partial charge in [-0.3, -0.25) is 9.59 Å². The first-order valence-corrected chi connectivity index (χ1v) is 21.3. The van der Waals surface area contributed by atoms with Gasteiger partial charge < -0.3 is 43.5 Å². The van der Waals surface area contributed by atoms with Gasteiger partial charge in [0, 0.05) is 59.5 Å². The number of fused-ring (bicyclic) bond motifs is 4. The molecule has 0 radical (unpaired) electrons. The Bertz CT molecular complexity index is 2850. The van der Waals surface area contributed by atoms with E-state index in [0.717, 1.165) is 99.4 Å². The molecule has 15 heteroatoms. The molecule has 0 fully saturated rings. The summed E-state index contributed by atoms with van der Waals surface area (Å²) in [6.45, 7) is 5.65. The Kier molecular flexibility index (Phi) is 12.8. The summed E-state index contributed by atoms with van der Waals surface area (Å²) in [5, 5.41) is 37.4. The molecule has 6 heterocycles. The minimum Gasteiger partial charge on any atom is -0.497 e. The van der Waals surface area contributed by atoms with E-state index in [1.165, 1.54) is 35.5 Å². The van der Waals surface area contributed by atoms with Crippen LogP contribution in [0.5, 0.6) is 5.75 Å². The minimum absolute atomic E-state index is 0.0155. The van der Waals surface area contributed by atoms with Crippen molar-refractivity contribution in [3.63, 3.8) is 0 Å². The number of ketones is 2. The van der Waals surface area contributed by atoms with Crippen LogP contribution < -0.4 is 36.7 Å². The third kappa shape index (κ3) is 9.14. The Balaban J connectivity index is 0.000000146. The van der Waals surface area contributed by atoms with Gasteiger partial charge in [-0.1, -0.05) is 42.5 Å². The largest absolute Gasteiger partial charge is 0.497 e. The van der Waals surface area contributed by atoms with Gasteiger partial charge >= 0.3 is 25.5 Å². The Morgan fingerprint density at radius 3 is 1.54 bits per heavy atom. The van der Waals surface area contributed by atoms with Crippen molar-refractivity contribution in [1.82, 2.24) is 0 Å². The number of hydrogen-bond acceptors (Lipinski definition) is 13. The lowest BCUT2D eigenvalue weighted by Gasteiger charge is -2.37. The average molecular weight is 851 g/mol. The van der Waals surface area contributed by atoms with Crippen LogP contribution >= 0.6 is 0 Å². The minimum atomic E-state index is -1.54. The quantitative estimate of drug-likeness (QED) is 0.0777. The van der Waals surface area contributed by atoms with Gasteiger partial charge in [-0.2, -0.15) is 0 Å². The molecule has 4 aliphatic heterocycles. The van der Waals surface area contributed by atoms with Crippen molar-refractivity contribution in [2.24, 2.45) is 0 Å². The predicted octanol–water partition coefficient (Wildman–Crippen LogP) is 4.14. The van der Waals surface area contributed by atoms with Crippen molar-refractivity contribution >= 4 is 76.1 Å². The number of benzene rings is 4. The summed E-state index contributed by atoms with van der Waals surface area (Å²) in [7, 11) is -1.38. The number of allylic oxidation sites excluding steroid dienone is 1. The van der Waals surface area contributed by atoms with Crippen molar-refractivity contribution in [2.45, 2.75) is 58.3 Å². The molecule has 13 nitrogen and oxygen atoms in total. The first-order chi connectivity index (χ1) is 30.4. The summed E-state index contributed by atoms with van der Waals surface area (Å²) >= 11 is 0. The maximum atomic E-state index is 12.7. The molecule has 0 saturated carbocycles. The molecule has 4 aliphatic rings. The van der Waals surface area contributed by atoms with E-state index < -0.39 is 31.3 Å². The topological polar surface area (TPSA) is 191 Å². The van der Waals surface area contributed by atoms with Crippen LogP contribution in [0.4, 0.5) is 11.4 Å². The van der Waals surface area contributed by atoms with Gasteiger partial charge in [0.05, 0.1) is 7.11 Å². The molecular weight excluding hydrogens is 802 g/mol. The van der Waals surface area contributed by atoms with Gasteiger partial charge in [0.25, 0.3) is 0 Å². The summed E-state index contributed by atoms with van der Waals surface area (Å²) in [4.78, 5) is 53.7. The number of anilines is 2. The molecule has 4 N–H and O–H groups in total.